The molecule has 8 heteroatoms. The van der Waals surface area contributed by atoms with E-state index in [0.717, 1.165) is 49.9 Å². The van der Waals surface area contributed by atoms with E-state index in [-0.39, 0.29) is 5.91 Å². The van der Waals surface area contributed by atoms with E-state index >= 15 is 0 Å². The second-order valence-corrected chi connectivity index (χ2v) is 8.91. The van der Waals surface area contributed by atoms with E-state index < -0.39 is 5.92 Å². The zero-order valence-electron chi connectivity index (χ0n) is 22.3. The van der Waals surface area contributed by atoms with Crippen LogP contribution in [0.25, 0.3) is 11.0 Å². The normalized spacial score (nSPS) is 11.5. The van der Waals surface area contributed by atoms with Crippen LogP contribution in [-0.4, -0.2) is 49.7 Å². The lowest BCUT2D eigenvalue weighted by molar-refractivity contribution is -0.121. The van der Waals surface area contributed by atoms with Crippen molar-refractivity contribution in [2.75, 3.05) is 38.8 Å². The number of aromatic nitrogens is 2. The molecule has 0 bridgehead atoms. The number of benzene rings is 2. The lowest BCUT2D eigenvalue weighted by Gasteiger charge is -2.26. The predicted molar refractivity (Wildman–Crippen MR) is 146 cm³/mol. The molecule has 0 radical (unpaired) electrons. The number of nitrogens with one attached hydrogen (secondary N) is 1. The van der Waals surface area contributed by atoms with Gasteiger partial charge in [-0.2, -0.15) is 5.26 Å². The van der Waals surface area contributed by atoms with Crippen molar-refractivity contribution in [1.29, 1.82) is 5.26 Å². The van der Waals surface area contributed by atoms with Gasteiger partial charge in [-0.05, 0) is 49.1 Å². The van der Waals surface area contributed by atoms with Gasteiger partial charge in [-0.25, -0.2) is 9.97 Å². The summed E-state index contributed by atoms with van der Waals surface area (Å²) in [6.07, 6.45) is 4.65. The molecule has 0 aliphatic heterocycles. The number of hydrogen-bond donors (Lipinski definition) is 1. The summed E-state index contributed by atoms with van der Waals surface area (Å²) in [4.78, 5) is 25.1. The Bertz CT molecular complexity index is 1220. The summed E-state index contributed by atoms with van der Waals surface area (Å²) < 4.78 is 10.7. The number of methoxy groups -OCH3 is 2. The summed E-state index contributed by atoms with van der Waals surface area (Å²) in [5.74, 6) is 0.472. The predicted octanol–water partition coefficient (Wildman–Crippen LogP) is 5.02. The molecule has 196 valence electrons. The number of rotatable bonds is 14. The Kier molecular flexibility index (Phi) is 10.5. The van der Waals surface area contributed by atoms with E-state index in [4.69, 9.17) is 19.4 Å². The summed E-state index contributed by atoms with van der Waals surface area (Å²) in [6, 6.07) is 15.4. The largest absolute Gasteiger partial charge is 0.493 e. The minimum Gasteiger partial charge on any atom is -0.493 e. The van der Waals surface area contributed by atoms with Crippen molar-refractivity contribution in [3.63, 3.8) is 0 Å². The molecule has 0 unspecified atom stereocenters. The van der Waals surface area contributed by atoms with E-state index in [9.17, 15) is 10.1 Å². The number of hydrogen-bond acceptors (Lipinski definition) is 7. The number of nitrogens with zero attached hydrogens (tertiary/aromatic N) is 4. The van der Waals surface area contributed by atoms with Gasteiger partial charge in [-0.3, -0.25) is 4.79 Å². The molecule has 3 rings (SSSR count). The molecule has 0 saturated heterocycles. The average Bonchev–Trinajstić information content (AvgIpc) is 2.93. The van der Waals surface area contributed by atoms with Crippen molar-refractivity contribution < 1.29 is 14.3 Å². The maximum atomic E-state index is 13.3. The fraction of sp³-hybridized carbons (Fsp3) is 0.448. The van der Waals surface area contributed by atoms with Crippen molar-refractivity contribution >= 4 is 22.8 Å². The maximum absolute atomic E-state index is 13.3. The monoisotopic (exact) mass is 503 g/mol. The number of nitriles is 1. The zero-order valence-corrected chi connectivity index (χ0v) is 22.3. The Hall–Kier alpha value is -3.86. The van der Waals surface area contributed by atoms with E-state index in [0.29, 0.717) is 41.5 Å². The molecule has 0 aliphatic rings. The number of amides is 1. The Morgan fingerprint density at radius 1 is 1.00 bits per heavy atom. The van der Waals surface area contributed by atoms with Crippen LogP contribution in [-0.2, 0) is 11.2 Å². The molecule has 0 spiro atoms. The van der Waals surface area contributed by atoms with Gasteiger partial charge in [0, 0.05) is 19.6 Å². The molecule has 1 N–H and O–H groups in total. The zero-order chi connectivity index (χ0) is 26.6. The van der Waals surface area contributed by atoms with Gasteiger partial charge in [0.25, 0.3) is 0 Å². The Labute approximate surface area is 219 Å². The van der Waals surface area contributed by atoms with Crippen molar-refractivity contribution in [2.24, 2.45) is 0 Å². The van der Waals surface area contributed by atoms with E-state index in [1.165, 1.54) is 0 Å². The van der Waals surface area contributed by atoms with Crippen molar-refractivity contribution in [1.82, 2.24) is 15.3 Å². The second kappa shape index (κ2) is 14.0. The van der Waals surface area contributed by atoms with E-state index in [1.54, 1.807) is 14.2 Å². The molecule has 1 aromatic heterocycles. The summed E-state index contributed by atoms with van der Waals surface area (Å²) in [5, 5.41) is 13.0. The highest BCUT2D eigenvalue weighted by molar-refractivity contribution is 5.88. The van der Waals surface area contributed by atoms with Gasteiger partial charge < -0.3 is 19.7 Å². The van der Waals surface area contributed by atoms with Crippen LogP contribution in [0.3, 0.4) is 0 Å². The number of anilines is 1. The second-order valence-electron chi connectivity index (χ2n) is 8.91. The Balaban J connectivity index is 1.85. The molecular formula is C29H37N5O3. The van der Waals surface area contributed by atoms with Crippen molar-refractivity contribution in [3.8, 4) is 17.6 Å². The van der Waals surface area contributed by atoms with Crippen LogP contribution in [0.5, 0.6) is 11.5 Å². The topological polar surface area (TPSA) is 100 Å². The van der Waals surface area contributed by atoms with Crippen LogP contribution in [0.4, 0.5) is 5.82 Å². The number of para-hydroxylation sites is 2. The van der Waals surface area contributed by atoms with E-state index in [1.807, 2.05) is 42.5 Å². The SMILES string of the molecule is CCCCN(CCCC)c1nc2ccccc2nc1[C@@H](C#N)C(=O)NCCc1ccc(OC)c(OC)c1. The lowest BCUT2D eigenvalue weighted by atomic mass is 10.0. The lowest BCUT2D eigenvalue weighted by Crippen LogP contribution is -2.34. The molecule has 37 heavy (non-hydrogen) atoms. The van der Waals surface area contributed by atoms with Crippen LogP contribution in [0.2, 0.25) is 0 Å². The Morgan fingerprint density at radius 3 is 2.24 bits per heavy atom. The fourth-order valence-corrected chi connectivity index (χ4v) is 4.16. The highest BCUT2D eigenvalue weighted by Gasteiger charge is 2.28. The molecule has 3 aromatic rings. The van der Waals surface area contributed by atoms with Crippen LogP contribution in [0, 0.1) is 11.3 Å². The van der Waals surface area contributed by atoms with Gasteiger partial charge in [-0.1, -0.05) is 44.9 Å². The third-order valence-corrected chi connectivity index (χ3v) is 6.27. The van der Waals surface area contributed by atoms with E-state index in [2.05, 4.69) is 30.1 Å². The fourth-order valence-electron chi connectivity index (χ4n) is 4.16. The van der Waals surface area contributed by atoms with Gasteiger partial charge >= 0.3 is 0 Å². The molecule has 0 saturated carbocycles. The van der Waals surface area contributed by atoms with Crippen LogP contribution in [0.1, 0.15) is 56.7 Å². The summed E-state index contributed by atoms with van der Waals surface area (Å²) >= 11 is 0. The maximum Gasteiger partial charge on any atom is 0.243 e. The number of ether oxygens (including phenoxy) is 2. The molecule has 1 atom stereocenters. The summed E-state index contributed by atoms with van der Waals surface area (Å²) in [7, 11) is 3.18. The first-order chi connectivity index (χ1) is 18.1. The standard InChI is InChI=1S/C29H37N5O3/c1-5-7-17-34(18-8-6-2)28-27(32-23-11-9-10-12-24(23)33-28)22(20-30)29(35)31-16-15-21-13-14-25(36-3)26(19-21)37-4/h9-14,19,22H,5-8,15-18H2,1-4H3,(H,31,35)/t22-/m1/s1. The number of carbonyl (C=O) groups is 1. The molecule has 8 nitrogen and oxygen atoms in total. The molecule has 0 aliphatic carbocycles. The van der Waals surface area contributed by atoms with Crippen LogP contribution < -0.4 is 19.7 Å². The molecule has 1 heterocycles. The smallest absolute Gasteiger partial charge is 0.243 e. The third kappa shape index (κ3) is 7.10. The number of unbranched alkanes of at least 4 members (excludes halogenated alkanes) is 2. The van der Waals surface area contributed by atoms with Gasteiger partial charge in [0.15, 0.2) is 23.2 Å². The summed E-state index contributed by atoms with van der Waals surface area (Å²) in [6.45, 7) is 6.27. The van der Waals surface area contributed by atoms with Crippen LogP contribution >= 0.6 is 0 Å². The summed E-state index contributed by atoms with van der Waals surface area (Å²) in [5.41, 5.74) is 2.83. The number of carbonyl (C=O) groups excluding carboxylic acids is 1. The minimum atomic E-state index is -1.07. The first-order valence-corrected chi connectivity index (χ1v) is 13.0. The first kappa shape index (κ1) is 27.7. The van der Waals surface area contributed by atoms with Crippen molar-refractivity contribution in [2.45, 2.75) is 51.9 Å². The van der Waals surface area contributed by atoms with Gasteiger partial charge in [0.05, 0.1) is 31.3 Å². The Morgan fingerprint density at radius 2 is 1.65 bits per heavy atom. The molecule has 1 amide bonds. The third-order valence-electron chi connectivity index (χ3n) is 6.27. The quantitative estimate of drug-likeness (QED) is 0.330. The number of fused-ring (bicyclic) bond motifs is 1. The van der Waals surface area contributed by atoms with Crippen LogP contribution in [0.15, 0.2) is 42.5 Å². The average molecular weight is 504 g/mol. The van der Waals surface area contributed by atoms with Gasteiger partial charge in [0.2, 0.25) is 5.91 Å². The van der Waals surface area contributed by atoms with Crippen molar-refractivity contribution in [3.05, 3.63) is 53.7 Å². The highest BCUT2D eigenvalue weighted by Crippen LogP contribution is 2.29. The first-order valence-electron chi connectivity index (χ1n) is 13.0. The van der Waals surface area contributed by atoms with Gasteiger partial charge in [-0.15, -0.1) is 0 Å². The minimum absolute atomic E-state index is 0.373. The van der Waals surface area contributed by atoms with Gasteiger partial charge in [0.1, 0.15) is 5.69 Å². The molecular weight excluding hydrogens is 466 g/mol. The highest BCUT2D eigenvalue weighted by atomic mass is 16.5. The molecule has 2 aromatic carbocycles. The molecule has 0 fully saturated rings.